The normalized spacial score (nSPS) is 28.3. The summed E-state index contributed by atoms with van der Waals surface area (Å²) in [6.07, 6.45) is 5.69. The van der Waals surface area contributed by atoms with E-state index >= 15 is 0 Å². The maximum absolute atomic E-state index is 5.13. The molecular weight excluding hydrogens is 198 g/mol. The number of ether oxygens (including phenoxy) is 1. The summed E-state index contributed by atoms with van der Waals surface area (Å²) in [4.78, 5) is 0. The fraction of sp³-hybridized carbons (Fsp3) is 1.00. The smallest absolute Gasteiger partial charge is 0.0613 e. The van der Waals surface area contributed by atoms with Gasteiger partial charge in [-0.25, -0.2) is 0 Å². The molecule has 1 rings (SSSR count). The Morgan fingerprint density at radius 1 is 1.12 bits per heavy atom. The highest BCUT2D eigenvalue weighted by Gasteiger charge is 2.23. The van der Waals surface area contributed by atoms with Crippen molar-refractivity contribution in [2.45, 2.75) is 52.5 Å². The molecule has 2 nitrogen and oxygen atoms in total. The quantitative estimate of drug-likeness (QED) is 0.753. The van der Waals surface area contributed by atoms with Gasteiger partial charge in [-0.05, 0) is 56.9 Å². The van der Waals surface area contributed by atoms with Crippen LogP contribution in [-0.2, 0) is 4.74 Å². The standard InChI is InChI=1S/C14H29NO/c1-11(2)14-7-5-13(6-8-14)9-15-12(3)10-16-4/h11-15H,5-10H2,1-4H3. The second-order valence-corrected chi connectivity index (χ2v) is 5.79. The molecule has 2 heteroatoms. The van der Waals surface area contributed by atoms with Gasteiger partial charge < -0.3 is 10.1 Å². The summed E-state index contributed by atoms with van der Waals surface area (Å²) in [5.41, 5.74) is 0. The molecule has 1 aliphatic carbocycles. The Hall–Kier alpha value is -0.0800. The van der Waals surface area contributed by atoms with E-state index in [4.69, 9.17) is 4.74 Å². The molecule has 1 N–H and O–H groups in total. The molecule has 0 spiro atoms. The van der Waals surface area contributed by atoms with E-state index < -0.39 is 0 Å². The zero-order valence-corrected chi connectivity index (χ0v) is 11.5. The lowest BCUT2D eigenvalue weighted by molar-refractivity contribution is 0.163. The van der Waals surface area contributed by atoms with Gasteiger partial charge >= 0.3 is 0 Å². The molecule has 0 aromatic carbocycles. The summed E-state index contributed by atoms with van der Waals surface area (Å²) < 4.78 is 5.13. The van der Waals surface area contributed by atoms with E-state index in [2.05, 4.69) is 26.1 Å². The first-order valence-electron chi connectivity index (χ1n) is 6.85. The van der Waals surface area contributed by atoms with Crippen LogP contribution in [0.3, 0.4) is 0 Å². The fourth-order valence-corrected chi connectivity index (χ4v) is 2.74. The lowest BCUT2D eigenvalue weighted by atomic mass is 9.77. The van der Waals surface area contributed by atoms with Gasteiger partial charge in [-0.15, -0.1) is 0 Å². The second-order valence-electron chi connectivity index (χ2n) is 5.79. The zero-order valence-electron chi connectivity index (χ0n) is 11.5. The predicted molar refractivity (Wildman–Crippen MR) is 69.6 cm³/mol. The first-order chi connectivity index (χ1) is 7.63. The summed E-state index contributed by atoms with van der Waals surface area (Å²) in [6, 6.07) is 0.493. The van der Waals surface area contributed by atoms with Crippen molar-refractivity contribution >= 4 is 0 Å². The second kappa shape index (κ2) is 7.29. The summed E-state index contributed by atoms with van der Waals surface area (Å²) in [7, 11) is 1.77. The number of hydrogen-bond acceptors (Lipinski definition) is 2. The Morgan fingerprint density at radius 2 is 1.75 bits per heavy atom. The highest BCUT2D eigenvalue weighted by Crippen LogP contribution is 2.32. The van der Waals surface area contributed by atoms with Gasteiger partial charge in [0.05, 0.1) is 6.61 Å². The number of hydrogen-bond donors (Lipinski definition) is 1. The molecule has 0 aliphatic heterocycles. The van der Waals surface area contributed by atoms with Crippen LogP contribution in [0.2, 0.25) is 0 Å². The van der Waals surface area contributed by atoms with Crippen LogP contribution in [0.4, 0.5) is 0 Å². The first kappa shape index (κ1) is 14.0. The van der Waals surface area contributed by atoms with E-state index in [-0.39, 0.29) is 0 Å². The molecule has 0 saturated heterocycles. The predicted octanol–water partition coefficient (Wildman–Crippen LogP) is 3.07. The zero-order chi connectivity index (χ0) is 12.0. The van der Waals surface area contributed by atoms with E-state index in [9.17, 15) is 0 Å². The van der Waals surface area contributed by atoms with Crippen LogP contribution in [0, 0.1) is 17.8 Å². The average Bonchev–Trinajstić information content (AvgIpc) is 2.27. The molecule has 0 aromatic heterocycles. The average molecular weight is 227 g/mol. The van der Waals surface area contributed by atoms with Crippen LogP contribution >= 0.6 is 0 Å². The van der Waals surface area contributed by atoms with E-state index in [1.165, 1.54) is 32.2 Å². The first-order valence-corrected chi connectivity index (χ1v) is 6.85. The van der Waals surface area contributed by atoms with Crippen LogP contribution in [0.5, 0.6) is 0 Å². The van der Waals surface area contributed by atoms with Gasteiger partial charge in [-0.1, -0.05) is 13.8 Å². The van der Waals surface area contributed by atoms with Crippen molar-refractivity contribution in [3.05, 3.63) is 0 Å². The summed E-state index contributed by atoms with van der Waals surface area (Å²) in [6.45, 7) is 8.92. The van der Waals surface area contributed by atoms with E-state index in [0.29, 0.717) is 6.04 Å². The van der Waals surface area contributed by atoms with Crippen LogP contribution in [-0.4, -0.2) is 26.3 Å². The Kier molecular flexibility index (Phi) is 6.37. The Labute approximate surface area is 101 Å². The highest BCUT2D eigenvalue weighted by atomic mass is 16.5. The van der Waals surface area contributed by atoms with Gasteiger partial charge in [0.1, 0.15) is 0 Å². The third kappa shape index (κ3) is 4.84. The molecule has 1 fully saturated rings. The van der Waals surface area contributed by atoms with Gasteiger partial charge in [0.15, 0.2) is 0 Å². The van der Waals surface area contributed by atoms with Crippen molar-refractivity contribution in [3.63, 3.8) is 0 Å². The Bertz CT molecular complexity index is 174. The topological polar surface area (TPSA) is 21.3 Å². The molecule has 0 amide bonds. The van der Waals surface area contributed by atoms with Crippen molar-refractivity contribution in [1.29, 1.82) is 0 Å². The molecule has 1 saturated carbocycles. The maximum atomic E-state index is 5.13. The van der Waals surface area contributed by atoms with Gasteiger partial charge in [-0.2, -0.15) is 0 Å². The fourth-order valence-electron chi connectivity index (χ4n) is 2.74. The van der Waals surface area contributed by atoms with E-state index in [1.54, 1.807) is 7.11 Å². The molecule has 0 radical (unpaired) electrons. The number of methoxy groups -OCH3 is 1. The minimum atomic E-state index is 0.493. The number of rotatable bonds is 6. The minimum absolute atomic E-state index is 0.493. The monoisotopic (exact) mass is 227 g/mol. The summed E-state index contributed by atoms with van der Waals surface area (Å²) >= 11 is 0. The SMILES string of the molecule is COCC(C)NCC1CCC(C(C)C)CC1. The van der Waals surface area contributed by atoms with Crippen LogP contribution in [0.25, 0.3) is 0 Å². The molecule has 0 heterocycles. The molecule has 96 valence electrons. The highest BCUT2D eigenvalue weighted by molar-refractivity contribution is 4.76. The van der Waals surface area contributed by atoms with Crippen LogP contribution in [0.1, 0.15) is 46.5 Å². The van der Waals surface area contributed by atoms with E-state index in [0.717, 1.165) is 24.4 Å². The Morgan fingerprint density at radius 3 is 2.25 bits per heavy atom. The molecule has 0 aromatic rings. The molecule has 1 unspecified atom stereocenters. The van der Waals surface area contributed by atoms with Crippen molar-refractivity contribution in [3.8, 4) is 0 Å². The lowest BCUT2D eigenvalue weighted by Gasteiger charge is -2.31. The lowest BCUT2D eigenvalue weighted by Crippen LogP contribution is -2.35. The Balaban J connectivity index is 2.12. The molecule has 1 atom stereocenters. The van der Waals surface area contributed by atoms with Crippen molar-refractivity contribution in [1.82, 2.24) is 5.32 Å². The van der Waals surface area contributed by atoms with Gasteiger partial charge in [-0.3, -0.25) is 0 Å². The molecule has 0 bridgehead atoms. The maximum Gasteiger partial charge on any atom is 0.0613 e. The van der Waals surface area contributed by atoms with Gasteiger partial charge in [0, 0.05) is 13.2 Å². The minimum Gasteiger partial charge on any atom is -0.383 e. The summed E-state index contributed by atoms with van der Waals surface area (Å²) in [5, 5.41) is 3.57. The van der Waals surface area contributed by atoms with Crippen LogP contribution in [0.15, 0.2) is 0 Å². The van der Waals surface area contributed by atoms with Gasteiger partial charge in [0.25, 0.3) is 0 Å². The third-order valence-electron chi connectivity index (χ3n) is 4.01. The van der Waals surface area contributed by atoms with Crippen molar-refractivity contribution in [2.75, 3.05) is 20.3 Å². The van der Waals surface area contributed by atoms with E-state index in [1.807, 2.05) is 0 Å². The van der Waals surface area contributed by atoms with Gasteiger partial charge in [0.2, 0.25) is 0 Å². The van der Waals surface area contributed by atoms with Crippen molar-refractivity contribution < 1.29 is 4.74 Å². The molecular formula is C14H29NO. The third-order valence-corrected chi connectivity index (χ3v) is 4.01. The van der Waals surface area contributed by atoms with Crippen LogP contribution < -0.4 is 5.32 Å². The largest absolute Gasteiger partial charge is 0.383 e. The number of nitrogens with one attached hydrogen (secondary N) is 1. The van der Waals surface area contributed by atoms with Crippen molar-refractivity contribution in [2.24, 2.45) is 17.8 Å². The molecule has 1 aliphatic rings. The summed E-state index contributed by atoms with van der Waals surface area (Å²) in [5.74, 6) is 2.75. The molecule has 16 heavy (non-hydrogen) atoms.